The molecule has 0 aliphatic carbocycles. The molecule has 134 valence electrons. The minimum Gasteiger partial charge on any atom is -0.379 e. The molecule has 0 saturated carbocycles. The lowest BCUT2D eigenvalue weighted by Crippen LogP contribution is -2.51. The summed E-state index contributed by atoms with van der Waals surface area (Å²) in [6.45, 7) is 8.60. The van der Waals surface area contributed by atoms with Crippen molar-refractivity contribution in [1.29, 1.82) is 0 Å². The molecule has 4 heteroatoms. The molecule has 0 spiro atoms. The number of carbonyl (C=O) groups excluding carboxylic acids is 1. The molecule has 4 nitrogen and oxygen atoms in total. The number of ether oxygens (including phenoxy) is 1. The summed E-state index contributed by atoms with van der Waals surface area (Å²) >= 11 is 0. The summed E-state index contributed by atoms with van der Waals surface area (Å²) in [7, 11) is 0. The summed E-state index contributed by atoms with van der Waals surface area (Å²) in [6, 6.07) is 14.8. The Balaban J connectivity index is 1.56. The van der Waals surface area contributed by atoms with Gasteiger partial charge in [0.1, 0.15) is 0 Å². The van der Waals surface area contributed by atoms with E-state index >= 15 is 0 Å². The van der Waals surface area contributed by atoms with Gasteiger partial charge in [-0.25, -0.2) is 0 Å². The Labute approximate surface area is 150 Å². The van der Waals surface area contributed by atoms with Crippen LogP contribution in [0.1, 0.15) is 19.4 Å². The van der Waals surface area contributed by atoms with E-state index in [0.29, 0.717) is 24.9 Å². The molecule has 25 heavy (non-hydrogen) atoms. The first-order valence-corrected chi connectivity index (χ1v) is 9.19. The van der Waals surface area contributed by atoms with Gasteiger partial charge >= 0.3 is 0 Å². The Morgan fingerprint density at radius 2 is 1.84 bits per heavy atom. The second kappa shape index (κ2) is 8.45. The molecule has 2 aromatic rings. The molecule has 1 saturated heterocycles. The predicted octanol–water partition coefficient (Wildman–Crippen LogP) is 2.86. The van der Waals surface area contributed by atoms with Crippen molar-refractivity contribution in [3.63, 3.8) is 0 Å². The van der Waals surface area contributed by atoms with E-state index in [2.05, 4.69) is 48.3 Å². The molecule has 1 fully saturated rings. The van der Waals surface area contributed by atoms with Crippen molar-refractivity contribution in [2.24, 2.45) is 5.92 Å². The summed E-state index contributed by atoms with van der Waals surface area (Å²) in [5.41, 5.74) is 1.06. The summed E-state index contributed by atoms with van der Waals surface area (Å²) in [4.78, 5) is 14.8. The van der Waals surface area contributed by atoms with E-state index in [4.69, 9.17) is 4.74 Å². The first-order chi connectivity index (χ1) is 12.1. The number of hydrogen-bond donors (Lipinski definition) is 1. The van der Waals surface area contributed by atoms with Crippen LogP contribution in [0.2, 0.25) is 0 Å². The van der Waals surface area contributed by atoms with Crippen LogP contribution in [0, 0.1) is 5.92 Å². The maximum Gasteiger partial charge on any atom is 0.224 e. The highest BCUT2D eigenvalue weighted by Crippen LogP contribution is 2.16. The topological polar surface area (TPSA) is 41.6 Å². The smallest absolute Gasteiger partial charge is 0.224 e. The fraction of sp³-hybridized carbons (Fsp3) is 0.476. The van der Waals surface area contributed by atoms with Crippen LogP contribution in [0.5, 0.6) is 0 Å². The standard InChI is InChI=1S/C21H28N2O2/c1-16(2)20(23-9-11-25-12-10-23)15-22-21(24)14-17-7-8-18-5-3-4-6-19(18)13-17/h3-8,13,16,20H,9-12,14-15H2,1-2H3,(H,22,24). The van der Waals surface area contributed by atoms with Crippen LogP contribution in [0.25, 0.3) is 10.8 Å². The maximum absolute atomic E-state index is 12.4. The number of benzene rings is 2. The van der Waals surface area contributed by atoms with E-state index in [9.17, 15) is 4.79 Å². The Kier molecular flexibility index (Phi) is 6.05. The van der Waals surface area contributed by atoms with Gasteiger partial charge in [-0.1, -0.05) is 56.3 Å². The largest absolute Gasteiger partial charge is 0.379 e. The lowest BCUT2D eigenvalue weighted by molar-refractivity contribution is -0.120. The molecule has 1 atom stereocenters. The van der Waals surface area contributed by atoms with Crippen molar-refractivity contribution in [3.05, 3.63) is 48.0 Å². The van der Waals surface area contributed by atoms with Gasteiger partial charge in [0.05, 0.1) is 19.6 Å². The number of rotatable bonds is 6. The van der Waals surface area contributed by atoms with Crippen LogP contribution in [-0.2, 0) is 16.0 Å². The SMILES string of the molecule is CC(C)C(CNC(=O)Cc1ccc2ccccc2c1)N1CCOCC1. The van der Waals surface area contributed by atoms with E-state index in [1.165, 1.54) is 10.8 Å². The molecular weight excluding hydrogens is 312 g/mol. The van der Waals surface area contributed by atoms with Crippen molar-refractivity contribution in [1.82, 2.24) is 10.2 Å². The Hall–Kier alpha value is -1.91. The monoisotopic (exact) mass is 340 g/mol. The third-order valence-electron chi connectivity index (χ3n) is 4.97. The second-order valence-electron chi connectivity index (χ2n) is 7.12. The Bertz CT molecular complexity index is 708. The van der Waals surface area contributed by atoms with Crippen molar-refractivity contribution >= 4 is 16.7 Å². The van der Waals surface area contributed by atoms with Crippen LogP contribution in [-0.4, -0.2) is 49.7 Å². The van der Waals surface area contributed by atoms with Crippen LogP contribution in [0.3, 0.4) is 0 Å². The quantitative estimate of drug-likeness (QED) is 0.879. The van der Waals surface area contributed by atoms with Gasteiger partial charge < -0.3 is 10.1 Å². The fourth-order valence-electron chi connectivity index (χ4n) is 3.51. The first kappa shape index (κ1) is 17.9. The molecule has 0 radical (unpaired) electrons. The highest BCUT2D eigenvalue weighted by molar-refractivity contribution is 5.85. The maximum atomic E-state index is 12.4. The predicted molar refractivity (Wildman–Crippen MR) is 102 cm³/mol. The molecule has 2 aromatic carbocycles. The van der Waals surface area contributed by atoms with E-state index < -0.39 is 0 Å². The van der Waals surface area contributed by atoms with Gasteiger partial charge in [-0.3, -0.25) is 9.69 Å². The van der Waals surface area contributed by atoms with Crippen LogP contribution >= 0.6 is 0 Å². The normalized spacial score (nSPS) is 16.9. The minimum atomic E-state index is 0.0918. The molecule has 1 aliphatic rings. The van der Waals surface area contributed by atoms with E-state index in [1.54, 1.807) is 0 Å². The summed E-state index contributed by atoms with van der Waals surface area (Å²) in [6.07, 6.45) is 0.429. The number of nitrogens with zero attached hydrogens (tertiary/aromatic N) is 1. The highest BCUT2D eigenvalue weighted by atomic mass is 16.5. The van der Waals surface area contributed by atoms with Gasteiger partial charge in [-0.05, 0) is 22.3 Å². The molecule has 1 aliphatic heterocycles. The summed E-state index contributed by atoms with van der Waals surface area (Å²) < 4.78 is 5.44. The highest BCUT2D eigenvalue weighted by Gasteiger charge is 2.24. The number of hydrogen-bond acceptors (Lipinski definition) is 3. The number of nitrogens with one attached hydrogen (secondary N) is 1. The first-order valence-electron chi connectivity index (χ1n) is 9.19. The van der Waals surface area contributed by atoms with E-state index in [-0.39, 0.29) is 5.91 Å². The molecule has 0 bridgehead atoms. The van der Waals surface area contributed by atoms with Crippen molar-refractivity contribution in [3.8, 4) is 0 Å². The van der Waals surface area contributed by atoms with Gasteiger partial charge in [0.25, 0.3) is 0 Å². The summed E-state index contributed by atoms with van der Waals surface area (Å²) in [5.74, 6) is 0.591. The fourth-order valence-corrected chi connectivity index (χ4v) is 3.51. The Morgan fingerprint density at radius 3 is 2.56 bits per heavy atom. The average Bonchev–Trinajstić information content (AvgIpc) is 2.62. The Morgan fingerprint density at radius 1 is 1.12 bits per heavy atom. The molecule has 1 heterocycles. The molecular formula is C21H28N2O2. The van der Waals surface area contributed by atoms with Crippen LogP contribution < -0.4 is 5.32 Å². The average molecular weight is 340 g/mol. The van der Waals surface area contributed by atoms with E-state index in [0.717, 1.165) is 31.9 Å². The van der Waals surface area contributed by atoms with Gasteiger partial charge in [-0.2, -0.15) is 0 Å². The van der Waals surface area contributed by atoms with Crippen molar-refractivity contribution < 1.29 is 9.53 Å². The van der Waals surface area contributed by atoms with E-state index in [1.807, 2.05) is 18.2 Å². The van der Waals surface area contributed by atoms with Crippen LogP contribution in [0.15, 0.2) is 42.5 Å². The molecule has 1 N–H and O–H groups in total. The lowest BCUT2D eigenvalue weighted by Gasteiger charge is -2.36. The molecule has 1 amide bonds. The zero-order valence-electron chi connectivity index (χ0n) is 15.2. The molecule has 1 unspecified atom stereocenters. The molecule has 0 aromatic heterocycles. The zero-order valence-corrected chi connectivity index (χ0v) is 15.2. The number of amides is 1. The van der Waals surface area contributed by atoms with Gasteiger partial charge in [0.15, 0.2) is 0 Å². The number of morpholine rings is 1. The minimum absolute atomic E-state index is 0.0918. The van der Waals surface area contributed by atoms with Gasteiger partial charge in [0.2, 0.25) is 5.91 Å². The lowest BCUT2D eigenvalue weighted by atomic mass is 10.0. The second-order valence-corrected chi connectivity index (χ2v) is 7.12. The summed E-state index contributed by atoms with van der Waals surface area (Å²) in [5, 5.41) is 5.53. The van der Waals surface area contributed by atoms with Gasteiger partial charge in [-0.15, -0.1) is 0 Å². The van der Waals surface area contributed by atoms with Crippen molar-refractivity contribution in [2.75, 3.05) is 32.8 Å². The zero-order chi connectivity index (χ0) is 17.6. The third kappa shape index (κ3) is 4.80. The molecule has 3 rings (SSSR count). The van der Waals surface area contributed by atoms with Crippen molar-refractivity contribution in [2.45, 2.75) is 26.3 Å². The number of fused-ring (bicyclic) bond motifs is 1. The van der Waals surface area contributed by atoms with Gasteiger partial charge in [0, 0.05) is 25.7 Å². The number of carbonyl (C=O) groups is 1. The third-order valence-corrected chi connectivity index (χ3v) is 4.97. The van der Waals surface area contributed by atoms with Crippen LogP contribution in [0.4, 0.5) is 0 Å².